The van der Waals surface area contributed by atoms with Gasteiger partial charge in [0.1, 0.15) is 0 Å². The van der Waals surface area contributed by atoms with Gasteiger partial charge >= 0.3 is 0 Å². The van der Waals surface area contributed by atoms with Crippen LogP contribution in [0.2, 0.25) is 0 Å². The van der Waals surface area contributed by atoms with Crippen molar-refractivity contribution in [3.05, 3.63) is 247 Å². The molecular weight excluding hydrogens is 711 g/mol. The Labute approximate surface area is 346 Å². The smallest absolute Gasteiger partial charge is 0.0467 e. The Morgan fingerprint density at radius 1 is 0.305 bits per heavy atom. The topological polar surface area (TPSA) is 3.24 Å². The Hall–Kier alpha value is -7.48. The van der Waals surface area contributed by atoms with Crippen molar-refractivity contribution >= 4 is 38.6 Å². The third-order valence-corrected chi connectivity index (χ3v) is 12.5. The van der Waals surface area contributed by atoms with Gasteiger partial charge in [0.2, 0.25) is 0 Å². The molecule has 0 saturated carbocycles. The van der Waals surface area contributed by atoms with Crippen LogP contribution in [0.4, 0.5) is 17.1 Å². The van der Waals surface area contributed by atoms with Crippen LogP contribution in [0.25, 0.3) is 66.1 Å². The third-order valence-electron chi connectivity index (χ3n) is 12.5. The van der Waals surface area contributed by atoms with E-state index in [0.29, 0.717) is 0 Å². The number of anilines is 3. The van der Waals surface area contributed by atoms with Gasteiger partial charge in [-0.15, -0.1) is 0 Å². The summed E-state index contributed by atoms with van der Waals surface area (Å²) in [5.41, 5.74) is 16.8. The summed E-state index contributed by atoms with van der Waals surface area (Å²) in [6.07, 6.45) is 0. The SMILES string of the molecule is CC1(c2ccccc2)c2ccccc2-c2ccc(N(c3ccc(-c4cccc(-c5ccc6ccccc6c5)c4)cc3)c3cccc(-c4cccc5ccccc45)c3)cc21. The van der Waals surface area contributed by atoms with Crippen LogP contribution in [-0.4, -0.2) is 0 Å². The van der Waals surface area contributed by atoms with Gasteiger partial charge in [0.25, 0.3) is 0 Å². The number of fused-ring (bicyclic) bond motifs is 5. The van der Waals surface area contributed by atoms with Gasteiger partial charge in [-0.1, -0.05) is 182 Å². The summed E-state index contributed by atoms with van der Waals surface area (Å²) in [6, 6.07) is 84.6. The number of nitrogens with zero attached hydrogens (tertiary/aromatic N) is 1. The second-order valence-corrected chi connectivity index (χ2v) is 15.9. The Morgan fingerprint density at radius 2 is 0.881 bits per heavy atom. The van der Waals surface area contributed by atoms with Gasteiger partial charge in [0.05, 0.1) is 0 Å². The second kappa shape index (κ2) is 14.2. The number of hydrogen-bond acceptors (Lipinski definition) is 1. The van der Waals surface area contributed by atoms with E-state index < -0.39 is 0 Å². The number of hydrogen-bond donors (Lipinski definition) is 0. The van der Waals surface area contributed by atoms with E-state index in [2.05, 4.69) is 242 Å². The van der Waals surface area contributed by atoms with Crippen molar-refractivity contribution in [3.8, 4) is 44.5 Å². The molecule has 278 valence electrons. The molecule has 10 aromatic carbocycles. The van der Waals surface area contributed by atoms with Crippen molar-refractivity contribution in [3.63, 3.8) is 0 Å². The van der Waals surface area contributed by atoms with Crippen LogP contribution in [-0.2, 0) is 5.41 Å². The summed E-state index contributed by atoms with van der Waals surface area (Å²) in [7, 11) is 0. The minimum atomic E-state index is -0.306. The van der Waals surface area contributed by atoms with E-state index in [1.165, 1.54) is 82.7 Å². The molecule has 0 N–H and O–H groups in total. The van der Waals surface area contributed by atoms with E-state index in [0.717, 1.165) is 17.1 Å². The predicted octanol–water partition coefficient (Wildman–Crippen LogP) is 15.8. The molecule has 0 fully saturated rings. The first-order chi connectivity index (χ1) is 29.1. The zero-order valence-corrected chi connectivity index (χ0v) is 32.9. The second-order valence-electron chi connectivity index (χ2n) is 15.9. The molecule has 10 aromatic rings. The van der Waals surface area contributed by atoms with Crippen molar-refractivity contribution < 1.29 is 0 Å². The van der Waals surface area contributed by atoms with Crippen molar-refractivity contribution in [2.45, 2.75) is 12.3 Å². The van der Waals surface area contributed by atoms with E-state index in [-0.39, 0.29) is 5.41 Å². The van der Waals surface area contributed by atoms with Gasteiger partial charge in [0, 0.05) is 22.5 Å². The highest BCUT2D eigenvalue weighted by Gasteiger charge is 2.41. The summed E-state index contributed by atoms with van der Waals surface area (Å²) < 4.78 is 0. The van der Waals surface area contributed by atoms with E-state index >= 15 is 0 Å². The highest BCUT2D eigenvalue weighted by Crippen LogP contribution is 2.54. The van der Waals surface area contributed by atoms with Crippen LogP contribution < -0.4 is 4.90 Å². The standard InChI is InChI=1S/C58H41N/c1-58(48-21-3-2-4-22-48)56-27-10-9-25-54(56)55-35-34-51(39-57(55)58)59(50-23-12-20-47(38-50)53-26-13-17-42-15-7-8-24-52(42)53)49-32-30-41(31-33-49)44-18-11-19-45(36-44)46-29-28-40-14-5-6-16-43(40)37-46/h2-39H,1H3. The van der Waals surface area contributed by atoms with Crippen LogP contribution in [0.1, 0.15) is 23.6 Å². The van der Waals surface area contributed by atoms with Crippen molar-refractivity contribution in [1.29, 1.82) is 0 Å². The van der Waals surface area contributed by atoms with Crippen LogP contribution in [0.3, 0.4) is 0 Å². The molecule has 11 rings (SSSR count). The lowest BCUT2D eigenvalue weighted by Gasteiger charge is -2.31. The maximum atomic E-state index is 2.44. The molecule has 0 aliphatic heterocycles. The minimum absolute atomic E-state index is 0.306. The first-order valence-electron chi connectivity index (χ1n) is 20.5. The fraction of sp³-hybridized carbons (Fsp3) is 0.0345. The lowest BCUT2D eigenvalue weighted by molar-refractivity contribution is 0.714. The largest absolute Gasteiger partial charge is 0.310 e. The zero-order chi connectivity index (χ0) is 39.3. The van der Waals surface area contributed by atoms with Gasteiger partial charge in [-0.2, -0.15) is 0 Å². The summed E-state index contributed by atoms with van der Waals surface area (Å²) in [5.74, 6) is 0. The fourth-order valence-electron chi connectivity index (χ4n) is 9.49. The lowest BCUT2D eigenvalue weighted by Crippen LogP contribution is -2.22. The lowest BCUT2D eigenvalue weighted by atomic mass is 9.74. The van der Waals surface area contributed by atoms with Crippen LogP contribution in [0.15, 0.2) is 231 Å². The molecule has 1 unspecified atom stereocenters. The summed E-state index contributed by atoms with van der Waals surface area (Å²) in [6.45, 7) is 2.39. The van der Waals surface area contributed by atoms with Gasteiger partial charge in [0.15, 0.2) is 0 Å². The molecule has 0 amide bonds. The quantitative estimate of drug-likeness (QED) is 0.157. The molecule has 1 aliphatic rings. The molecule has 0 heterocycles. The molecule has 1 aliphatic carbocycles. The van der Waals surface area contributed by atoms with Crippen LogP contribution in [0.5, 0.6) is 0 Å². The zero-order valence-electron chi connectivity index (χ0n) is 32.9. The maximum absolute atomic E-state index is 2.44. The van der Waals surface area contributed by atoms with Crippen molar-refractivity contribution in [2.24, 2.45) is 0 Å². The highest BCUT2D eigenvalue weighted by atomic mass is 15.1. The highest BCUT2D eigenvalue weighted by molar-refractivity contribution is 5.98. The normalized spacial score (nSPS) is 14.3. The molecule has 0 spiro atoms. The maximum Gasteiger partial charge on any atom is 0.0467 e. The van der Waals surface area contributed by atoms with Gasteiger partial charge in [-0.25, -0.2) is 0 Å². The molecule has 59 heavy (non-hydrogen) atoms. The average Bonchev–Trinajstić information content (AvgIpc) is 3.57. The third kappa shape index (κ3) is 5.94. The first-order valence-corrected chi connectivity index (χ1v) is 20.5. The van der Waals surface area contributed by atoms with Crippen molar-refractivity contribution in [1.82, 2.24) is 0 Å². The summed E-state index contributed by atoms with van der Waals surface area (Å²) >= 11 is 0. The molecule has 1 heteroatoms. The van der Waals surface area contributed by atoms with E-state index in [1.54, 1.807) is 0 Å². The Kier molecular flexibility index (Phi) is 8.34. The molecule has 0 aromatic heterocycles. The first kappa shape index (κ1) is 34.7. The van der Waals surface area contributed by atoms with Gasteiger partial charge < -0.3 is 4.90 Å². The average molecular weight is 752 g/mol. The predicted molar refractivity (Wildman–Crippen MR) is 250 cm³/mol. The number of benzene rings is 10. The van der Waals surface area contributed by atoms with Gasteiger partial charge in [-0.05, 0) is 138 Å². The summed E-state index contributed by atoms with van der Waals surface area (Å²) in [5, 5.41) is 5.01. The fourth-order valence-corrected chi connectivity index (χ4v) is 9.49. The van der Waals surface area contributed by atoms with Gasteiger partial charge in [-0.3, -0.25) is 0 Å². The van der Waals surface area contributed by atoms with Crippen LogP contribution >= 0.6 is 0 Å². The molecule has 0 saturated heterocycles. The van der Waals surface area contributed by atoms with Crippen molar-refractivity contribution in [2.75, 3.05) is 4.90 Å². The molecule has 0 bridgehead atoms. The molecule has 1 atom stereocenters. The molecule has 0 radical (unpaired) electrons. The van der Waals surface area contributed by atoms with Crippen LogP contribution in [0, 0.1) is 0 Å². The molecule has 1 nitrogen and oxygen atoms in total. The van der Waals surface area contributed by atoms with E-state index in [9.17, 15) is 0 Å². The Morgan fingerprint density at radius 3 is 1.75 bits per heavy atom. The number of rotatable bonds is 7. The monoisotopic (exact) mass is 751 g/mol. The van der Waals surface area contributed by atoms with E-state index in [1.807, 2.05) is 0 Å². The minimum Gasteiger partial charge on any atom is -0.310 e. The Bertz CT molecular complexity index is 3170. The summed E-state index contributed by atoms with van der Waals surface area (Å²) in [4.78, 5) is 2.43. The Balaban J connectivity index is 1.04. The van der Waals surface area contributed by atoms with E-state index in [4.69, 9.17) is 0 Å². The molecular formula is C58H41N.